The molecule has 1 unspecified atom stereocenters. The minimum absolute atomic E-state index is 0. The van der Waals surface area contributed by atoms with E-state index in [2.05, 4.69) is 5.32 Å². The molecule has 0 spiro atoms. The first-order valence-corrected chi connectivity index (χ1v) is 3.92. The van der Waals surface area contributed by atoms with Crippen LogP contribution in [0, 0.1) is 5.41 Å². The maximum Gasteiger partial charge on any atom is 0.261 e. The van der Waals surface area contributed by atoms with E-state index in [0.29, 0.717) is 0 Å². The topological polar surface area (TPSA) is 12.0 Å². The van der Waals surface area contributed by atoms with Crippen LogP contribution >= 0.6 is 12.4 Å². The first-order chi connectivity index (χ1) is 4.81. The second-order valence-electron chi connectivity index (χ2n) is 4.36. The van der Waals surface area contributed by atoms with Crippen LogP contribution in [-0.2, 0) is 0 Å². The molecule has 0 amide bonds. The Morgan fingerprint density at radius 3 is 2.00 bits per heavy atom. The first-order valence-electron chi connectivity index (χ1n) is 3.92. The molecule has 0 saturated carbocycles. The zero-order valence-electron chi connectivity index (χ0n) is 7.66. The number of nitrogens with one attached hydrogen (secondary N) is 1. The Bertz CT molecular complexity index is 154. The van der Waals surface area contributed by atoms with Gasteiger partial charge in [-0.3, -0.25) is 0 Å². The third kappa shape index (κ3) is 2.87. The fraction of sp³-hybridized carbons (Fsp3) is 1.00. The summed E-state index contributed by atoms with van der Waals surface area (Å²) in [5, 5.41) is 2.84. The van der Waals surface area contributed by atoms with Gasteiger partial charge < -0.3 is 5.32 Å². The van der Waals surface area contributed by atoms with Crippen LogP contribution in [0.15, 0.2) is 0 Å². The van der Waals surface area contributed by atoms with Gasteiger partial charge in [-0.2, -0.15) is 0 Å². The van der Waals surface area contributed by atoms with E-state index in [1.807, 2.05) is 20.8 Å². The van der Waals surface area contributed by atoms with Crippen LogP contribution in [0.25, 0.3) is 0 Å². The van der Waals surface area contributed by atoms with Crippen molar-refractivity contribution in [3.8, 4) is 0 Å². The second kappa shape index (κ2) is 3.46. The van der Waals surface area contributed by atoms with Crippen molar-refractivity contribution in [2.24, 2.45) is 5.41 Å². The average molecular weight is 200 g/mol. The lowest BCUT2D eigenvalue weighted by atomic mass is 9.85. The fourth-order valence-corrected chi connectivity index (χ4v) is 1.33. The molecule has 0 aromatic carbocycles. The highest BCUT2D eigenvalue weighted by atomic mass is 35.5. The van der Waals surface area contributed by atoms with Gasteiger partial charge in [0.05, 0.1) is 6.54 Å². The zero-order chi connectivity index (χ0) is 8.70. The third-order valence-corrected chi connectivity index (χ3v) is 2.16. The van der Waals surface area contributed by atoms with E-state index in [4.69, 9.17) is 0 Å². The molecule has 4 heteroatoms. The van der Waals surface area contributed by atoms with Crippen molar-refractivity contribution in [3.05, 3.63) is 0 Å². The van der Waals surface area contributed by atoms with Gasteiger partial charge in [0.15, 0.2) is 0 Å². The van der Waals surface area contributed by atoms with Crippen molar-refractivity contribution >= 4 is 12.4 Å². The van der Waals surface area contributed by atoms with Crippen LogP contribution in [0.4, 0.5) is 8.78 Å². The first kappa shape index (κ1) is 12.1. The van der Waals surface area contributed by atoms with E-state index >= 15 is 0 Å². The fourth-order valence-electron chi connectivity index (χ4n) is 1.33. The molecule has 1 aliphatic heterocycles. The quantitative estimate of drug-likeness (QED) is 0.632. The lowest BCUT2D eigenvalue weighted by Gasteiger charge is -2.26. The molecule has 1 atom stereocenters. The molecule has 12 heavy (non-hydrogen) atoms. The maximum atomic E-state index is 12.7. The number of hydrogen-bond acceptors (Lipinski definition) is 1. The Kier molecular flexibility index (Phi) is 3.49. The molecule has 74 valence electrons. The van der Waals surface area contributed by atoms with Crippen molar-refractivity contribution in [3.63, 3.8) is 0 Å². The standard InChI is InChI=1S/C8H15F2N.ClH/c1-7(2,3)6-4-8(9,10)5-11-6;/h6,11H,4-5H2,1-3H3;1H. The minimum atomic E-state index is -2.49. The van der Waals surface area contributed by atoms with Gasteiger partial charge in [0.25, 0.3) is 5.92 Å². The van der Waals surface area contributed by atoms with Crippen LogP contribution < -0.4 is 5.32 Å². The molecule has 1 saturated heterocycles. The molecule has 0 aromatic heterocycles. The van der Waals surface area contributed by atoms with E-state index in [9.17, 15) is 8.78 Å². The van der Waals surface area contributed by atoms with Gasteiger partial charge in [0, 0.05) is 12.5 Å². The molecule has 0 aromatic rings. The summed E-state index contributed by atoms with van der Waals surface area (Å²) in [7, 11) is 0. The van der Waals surface area contributed by atoms with Gasteiger partial charge >= 0.3 is 0 Å². The van der Waals surface area contributed by atoms with E-state index in [0.717, 1.165) is 0 Å². The molecule has 1 rings (SSSR count). The van der Waals surface area contributed by atoms with E-state index in [1.54, 1.807) is 0 Å². The molecule has 1 N–H and O–H groups in total. The zero-order valence-corrected chi connectivity index (χ0v) is 8.47. The van der Waals surface area contributed by atoms with Crippen molar-refractivity contribution in [1.29, 1.82) is 0 Å². The smallest absolute Gasteiger partial charge is 0.261 e. The van der Waals surface area contributed by atoms with Crippen LogP contribution in [0.1, 0.15) is 27.2 Å². The Balaban J connectivity index is 0.00000121. The molecule has 0 bridgehead atoms. The van der Waals surface area contributed by atoms with Crippen LogP contribution in [0.2, 0.25) is 0 Å². The summed E-state index contributed by atoms with van der Waals surface area (Å²) in [6.07, 6.45) is -0.0174. The van der Waals surface area contributed by atoms with Crippen molar-refractivity contribution < 1.29 is 8.78 Å². The Morgan fingerprint density at radius 2 is 1.83 bits per heavy atom. The largest absolute Gasteiger partial charge is 0.308 e. The molecule has 1 nitrogen and oxygen atoms in total. The van der Waals surface area contributed by atoms with E-state index < -0.39 is 5.92 Å². The predicted octanol–water partition coefficient (Wildman–Crippen LogP) is 2.45. The molecule has 1 heterocycles. The average Bonchev–Trinajstić information content (AvgIpc) is 2.07. The van der Waals surface area contributed by atoms with Crippen molar-refractivity contribution in [1.82, 2.24) is 5.32 Å². The summed E-state index contributed by atoms with van der Waals surface area (Å²) in [5.74, 6) is -2.49. The predicted molar refractivity (Wildman–Crippen MR) is 48.1 cm³/mol. The summed E-state index contributed by atoms with van der Waals surface area (Å²) in [6, 6.07) is -0.0440. The van der Waals surface area contributed by atoms with Gasteiger partial charge in [0.1, 0.15) is 0 Å². The SMILES string of the molecule is CC(C)(C)C1CC(F)(F)CN1.Cl. The molecule has 1 aliphatic rings. The molecule has 1 fully saturated rings. The summed E-state index contributed by atoms with van der Waals surface area (Å²) in [5.41, 5.74) is -0.0556. The maximum absolute atomic E-state index is 12.7. The van der Waals surface area contributed by atoms with Gasteiger partial charge in [-0.1, -0.05) is 20.8 Å². The van der Waals surface area contributed by atoms with E-state index in [-0.39, 0.29) is 36.8 Å². The second-order valence-corrected chi connectivity index (χ2v) is 4.36. The lowest BCUT2D eigenvalue weighted by molar-refractivity contribution is 0.0172. The summed E-state index contributed by atoms with van der Waals surface area (Å²) in [6.45, 7) is 5.78. The molecular formula is C8H16ClF2N. The number of hydrogen-bond donors (Lipinski definition) is 1. The molecule has 0 radical (unpaired) electrons. The highest BCUT2D eigenvalue weighted by Crippen LogP contribution is 2.33. The Labute approximate surface area is 78.3 Å². The van der Waals surface area contributed by atoms with Gasteiger partial charge in [-0.15, -0.1) is 12.4 Å². The monoisotopic (exact) mass is 199 g/mol. The lowest BCUT2D eigenvalue weighted by Crippen LogP contribution is -2.34. The van der Waals surface area contributed by atoms with E-state index in [1.165, 1.54) is 0 Å². The molecule has 0 aliphatic carbocycles. The number of halogens is 3. The van der Waals surface area contributed by atoms with Crippen molar-refractivity contribution in [2.75, 3.05) is 6.54 Å². The highest BCUT2D eigenvalue weighted by Gasteiger charge is 2.43. The summed E-state index contributed by atoms with van der Waals surface area (Å²) >= 11 is 0. The van der Waals surface area contributed by atoms with Gasteiger partial charge in [-0.25, -0.2) is 8.78 Å². The van der Waals surface area contributed by atoms with Crippen molar-refractivity contribution in [2.45, 2.75) is 39.2 Å². The van der Waals surface area contributed by atoms with Crippen LogP contribution in [0.3, 0.4) is 0 Å². The van der Waals surface area contributed by atoms with Crippen LogP contribution in [-0.4, -0.2) is 18.5 Å². The normalized spacial score (nSPS) is 28.2. The van der Waals surface area contributed by atoms with Gasteiger partial charge in [0.2, 0.25) is 0 Å². The molecular weight excluding hydrogens is 184 g/mol. The summed E-state index contributed by atoms with van der Waals surface area (Å²) in [4.78, 5) is 0. The van der Waals surface area contributed by atoms with Crippen LogP contribution in [0.5, 0.6) is 0 Å². The number of alkyl halides is 2. The Hall–Kier alpha value is 0.110. The number of rotatable bonds is 0. The highest BCUT2D eigenvalue weighted by molar-refractivity contribution is 5.85. The minimum Gasteiger partial charge on any atom is -0.308 e. The Morgan fingerprint density at radius 1 is 1.33 bits per heavy atom. The third-order valence-electron chi connectivity index (χ3n) is 2.16. The van der Waals surface area contributed by atoms with Gasteiger partial charge in [-0.05, 0) is 5.41 Å². The summed E-state index contributed by atoms with van der Waals surface area (Å²) < 4.78 is 25.3.